The number of carboxylic acids is 1. The lowest BCUT2D eigenvalue weighted by atomic mass is 10.2. The van der Waals surface area contributed by atoms with E-state index < -0.39 is 33.5 Å². The lowest BCUT2D eigenvalue weighted by Gasteiger charge is -1.99. The molecule has 1 amide bonds. The molecule has 0 aliphatic rings. The number of aliphatic carboxylic acids is 1. The first kappa shape index (κ1) is 14.2. The van der Waals surface area contributed by atoms with Gasteiger partial charge in [0.2, 0.25) is 5.09 Å². The maximum atomic E-state index is 11.5. The molecule has 0 unspecified atom stereocenters. The van der Waals surface area contributed by atoms with Crippen molar-refractivity contribution in [2.24, 2.45) is 0 Å². The first-order chi connectivity index (χ1) is 8.27. The number of hydrogen-bond acceptors (Lipinski definition) is 5. The minimum atomic E-state index is -3.78. The molecule has 0 bridgehead atoms. The van der Waals surface area contributed by atoms with Gasteiger partial charge in [-0.15, -0.1) is 0 Å². The van der Waals surface area contributed by atoms with Gasteiger partial charge in [-0.2, -0.15) is 0 Å². The van der Waals surface area contributed by atoms with Gasteiger partial charge in [0.15, 0.2) is 0 Å². The molecule has 0 aromatic carbocycles. The van der Waals surface area contributed by atoms with Crippen LogP contribution in [-0.4, -0.2) is 39.0 Å². The Bertz CT molecular complexity index is 574. The molecule has 100 valence electrons. The second-order valence-corrected chi connectivity index (χ2v) is 5.14. The number of carbonyl (C=O) groups is 2. The van der Waals surface area contributed by atoms with Gasteiger partial charge in [0.25, 0.3) is 15.9 Å². The number of furan rings is 1. The van der Waals surface area contributed by atoms with Crippen LogP contribution in [0.3, 0.4) is 0 Å². The van der Waals surface area contributed by atoms with Crippen LogP contribution in [0.15, 0.2) is 15.6 Å². The zero-order chi connectivity index (χ0) is 13.9. The molecular formula is C9H12N2O6S. The highest BCUT2D eigenvalue weighted by molar-refractivity contribution is 7.89. The summed E-state index contributed by atoms with van der Waals surface area (Å²) in [5, 5.41) is 10.1. The topological polar surface area (TPSA) is 126 Å². The summed E-state index contributed by atoms with van der Waals surface area (Å²) in [6, 6.07) is 1.04. The fourth-order valence-corrected chi connectivity index (χ4v) is 1.87. The third-order valence-corrected chi connectivity index (χ3v) is 3.34. The summed E-state index contributed by atoms with van der Waals surface area (Å²) in [5.74, 6) is -1.82. The average molecular weight is 276 g/mol. The lowest BCUT2D eigenvalue weighted by Crippen LogP contribution is -2.29. The minimum absolute atomic E-state index is 0.0231. The minimum Gasteiger partial charge on any atom is -0.480 e. The van der Waals surface area contributed by atoms with E-state index in [1.54, 1.807) is 0 Å². The van der Waals surface area contributed by atoms with Gasteiger partial charge in [-0.3, -0.25) is 9.59 Å². The van der Waals surface area contributed by atoms with Crippen molar-refractivity contribution in [2.45, 2.75) is 12.0 Å². The van der Waals surface area contributed by atoms with Crippen molar-refractivity contribution in [1.29, 1.82) is 0 Å². The van der Waals surface area contributed by atoms with E-state index in [9.17, 15) is 18.0 Å². The predicted molar refractivity (Wildman–Crippen MR) is 59.7 cm³/mol. The molecule has 0 spiro atoms. The molecule has 0 saturated carbocycles. The van der Waals surface area contributed by atoms with Crippen LogP contribution >= 0.6 is 0 Å². The largest absolute Gasteiger partial charge is 0.480 e. The van der Waals surface area contributed by atoms with E-state index in [1.165, 1.54) is 14.0 Å². The van der Waals surface area contributed by atoms with Gasteiger partial charge in [0, 0.05) is 6.07 Å². The number of aryl methyl sites for hydroxylation is 1. The van der Waals surface area contributed by atoms with Crippen molar-refractivity contribution in [3.8, 4) is 0 Å². The van der Waals surface area contributed by atoms with Gasteiger partial charge in [-0.25, -0.2) is 13.1 Å². The first-order valence-electron chi connectivity index (χ1n) is 4.82. The molecule has 0 atom stereocenters. The summed E-state index contributed by atoms with van der Waals surface area (Å²) in [4.78, 5) is 21.8. The standard InChI is InChI=1S/C9H12N2O6S/c1-5-6(9(14)11-4-7(12)13)3-8(17-5)18(15,16)10-2/h3,10H,4H2,1-2H3,(H,11,14)(H,12,13). The maximum absolute atomic E-state index is 11.5. The summed E-state index contributed by atoms with van der Waals surface area (Å²) >= 11 is 0. The van der Waals surface area contributed by atoms with Crippen LogP contribution in [0.2, 0.25) is 0 Å². The molecule has 18 heavy (non-hydrogen) atoms. The van der Waals surface area contributed by atoms with E-state index in [1.807, 2.05) is 4.72 Å². The number of hydrogen-bond donors (Lipinski definition) is 3. The van der Waals surface area contributed by atoms with Crippen molar-refractivity contribution in [1.82, 2.24) is 10.0 Å². The summed E-state index contributed by atoms with van der Waals surface area (Å²) in [5.41, 5.74) is -0.0231. The van der Waals surface area contributed by atoms with Gasteiger partial charge in [-0.1, -0.05) is 0 Å². The van der Waals surface area contributed by atoms with Crippen LogP contribution in [0.4, 0.5) is 0 Å². The molecule has 0 aliphatic heterocycles. The second-order valence-electron chi connectivity index (χ2n) is 3.32. The van der Waals surface area contributed by atoms with Gasteiger partial charge < -0.3 is 14.8 Å². The zero-order valence-electron chi connectivity index (χ0n) is 9.68. The van der Waals surface area contributed by atoms with E-state index >= 15 is 0 Å². The summed E-state index contributed by atoms with van der Waals surface area (Å²) < 4.78 is 29.8. The van der Waals surface area contributed by atoms with Crippen molar-refractivity contribution in [2.75, 3.05) is 13.6 Å². The molecule has 0 saturated heterocycles. The third kappa shape index (κ3) is 3.08. The van der Waals surface area contributed by atoms with Crippen LogP contribution < -0.4 is 10.0 Å². The van der Waals surface area contributed by atoms with Crippen LogP contribution in [0.25, 0.3) is 0 Å². The molecule has 0 fully saturated rings. The highest BCUT2D eigenvalue weighted by Gasteiger charge is 2.22. The maximum Gasteiger partial charge on any atom is 0.322 e. The molecule has 0 aliphatic carbocycles. The zero-order valence-corrected chi connectivity index (χ0v) is 10.5. The number of nitrogens with one attached hydrogen (secondary N) is 2. The first-order valence-corrected chi connectivity index (χ1v) is 6.30. The Labute approximate surface area is 103 Å². The Balaban J connectivity index is 2.99. The Kier molecular flexibility index (Phi) is 4.09. The summed E-state index contributed by atoms with van der Waals surface area (Å²) in [6.45, 7) is 0.849. The van der Waals surface area contributed by atoms with Crippen molar-refractivity contribution in [3.63, 3.8) is 0 Å². The highest BCUT2D eigenvalue weighted by atomic mass is 32.2. The second kappa shape index (κ2) is 5.19. The molecule has 1 heterocycles. The lowest BCUT2D eigenvalue weighted by molar-refractivity contribution is -0.135. The predicted octanol–water partition coefficient (Wildman–Crippen LogP) is -0.689. The van der Waals surface area contributed by atoms with Crippen molar-refractivity contribution < 1.29 is 27.5 Å². The van der Waals surface area contributed by atoms with Crippen LogP contribution in [0.1, 0.15) is 16.1 Å². The number of sulfonamides is 1. The molecular weight excluding hydrogens is 264 g/mol. The smallest absolute Gasteiger partial charge is 0.322 e. The van der Waals surface area contributed by atoms with E-state index in [0.717, 1.165) is 6.07 Å². The van der Waals surface area contributed by atoms with E-state index in [2.05, 4.69) is 5.32 Å². The molecule has 9 heteroatoms. The fourth-order valence-electron chi connectivity index (χ4n) is 1.16. The monoisotopic (exact) mass is 276 g/mol. The van der Waals surface area contributed by atoms with Crippen molar-refractivity contribution >= 4 is 21.9 Å². The molecule has 0 radical (unpaired) electrons. The Morgan fingerprint density at radius 3 is 2.56 bits per heavy atom. The van der Waals surface area contributed by atoms with E-state index in [-0.39, 0.29) is 11.3 Å². The van der Waals surface area contributed by atoms with Crippen LogP contribution in [0, 0.1) is 6.92 Å². The Morgan fingerprint density at radius 1 is 1.44 bits per heavy atom. The van der Waals surface area contributed by atoms with Gasteiger partial charge in [-0.05, 0) is 14.0 Å². The number of carbonyl (C=O) groups excluding carboxylic acids is 1. The normalized spacial score (nSPS) is 11.2. The van der Waals surface area contributed by atoms with Gasteiger partial charge in [0.05, 0.1) is 5.56 Å². The van der Waals surface area contributed by atoms with E-state index in [0.29, 0.717) is 0 Å². The third-order valence-electron chi connectivity index (χ3n) is 2.07. The number of carboxylic acid groups (broad SMARTS) is 1. The summed E-state index contributed by atoms with van der Waals surface area (Å²) in [6.07, 6.45) is 0. The molecule has 1 aromatic rings. The van der Waals surface area contributed by atoms with Crippen LogP contribution in [0.5, 0.6) is 0 Å². The van der Waals surface area contributed by atoms with Gasteiger partial charge in [0.1, 0.15) is 12.3 Å². The van der Waals surface area contributed by atoms with Crippen LogP contribution in [-0.2, 0) is 14.8 Å². The highest BCUT2D eigenvalue weighted by Crippen LogP contribution is 2.18. The molecule has 1 aromatic heterocycles. The Hall–Kier alpha value is -1.87. The van der Waals surface area contributed by atoms with E-state index in [4.69, 9.17) is 9.52 Å². The quantitative estimate of drug-likeness (QED) is 0.653. The molecule has 1 rings (SSSR count). The fraction of sp³-hybridized carbons (Fsp3) is 0.333. The molecule has 8 nitrogen and oxygen atoms in total. The SMILES string of the molecule is CNS(=O)(=O)c1cc(C(=O)NCC(=O)O)c(C)o1. The number of amides is 1. The van der Waals surface area contributed by atoms with Crippen molar-refractivity contribution in [3.05, 3.63) is 17.4 Å². The average Bonchev–Trinajstić information content (AvgIpc) is 2.69. The number of rotatable bonds is 5. The van der Waals surface area contributed by atoms with Gasteiger partial charge >= 0.3 is 5.97 Å². The molecule has 3 N–H and O–H groups in total. The Morgan fingerprint density at radius 2 is 2.06 bits per heavy atom. The summed E-state index contributed by atoms with van der Waals surface area (Å²) in [7, 11) is -2.57.